The Bertz CT molecular complexity index is 907. The molecule has 2 aromatic rings. The second-order valence-electron chi connectivity index (χ2n) is 7.39. The number of nitrogens with zero attached hydrogens (tertiary/aromatic N) is 1. The highest BCUT2D eigenvalue weighted by atomic mass is 16.5. The molecule has 1 unspecified atom stereocenters. The average molecular weight is 389 g/mol. The van der Waals surface area contributed by atoms with Crippen molar-refractivity contribution in [1.29, 1.82) is 0 Å². The number of hydrogen-bond acceptors (Lipinski definition) is 5. The Hall–Kier alpha value is -2.61. The normalized spacial score (nSPS) is 15.9. The number of quaternary nitrogens is 1. The van der Waals surface area contributed by atoms with Crippen LogP contribution in [0.1, 0.15) is 32.5 Å². The van der Waals surface area contributed by atoms with Crippen molar-refractivity contribution in [3.05, 3.63) is 28.3 Å². The summed E-state index contributed by atoms with van der Waals surface area (Å²) in [5.74, 6) is 2.21. The average Bonchev–Trinajstić information content (AvgIpc) is 3.51. The SMILES string of the molecule is CC[NH+](CC(=O)N[C@@H](C)C1CC1)Cc1nc2cc(OC)c(OC)cc2c(=O)[nH]1. The van der Waals surface area contributed by atoms with E-state index in [4.69, 9.17) is 9.47 Å². The molecule has 1 aromatic carbocycles. The van der Waals surface area contributed by atoms with Gasteiger partial charge in [0.15, 0.2) is 23.9 Å². The van der Waals surface area contributed by atoms with Crippen LogP contribution < -0.4 is 25.2 Å². The number of benzene rings is 1. The van der Waals surface area contributed by atoms with Gasteiger partial charge in [0.25, 0.3) is 11.5 Å². The van der Waals surface area contributed by atoms with Crippen molar-refractivity contribution < 1.29 is 19.2 Å². The number of rotatable bonds is 9. The number of amides is 1. The Balaban J connectivity index is 1.76. The number of likely N-dealkylation sites (N-methyl/N-ethyl adjacent to an activating group) is 1. The molecular formula is C20H29N4O4+. The first-order valence-corrected chi connectivity index (χ1v) is 9.73. The highest BCUT2D eigenvalue weighted by Gasteiger charge is 2.29. The summed E-state index contributed by atoms with van der Waals surface area (Å²) in [6.45, 7) is 5.63. The molecule has 0 bridgehead atoms. The highest BCUT2D eigenvalue weighted by Crippen LogP contribution is 2.32. The second-order valence-corrected chi connectivity index (χ2v) is 7.39. The van der Waals surface area contributed by atoms with E-state index in [0.717, 1.165) is 11.4 Å². The smallest absolute Gasteiger partial charge is 0.275 e. The van der Waals surface area contributed by atoms with Gasteiger partial charge >= 0.3 is 0 Å². The summed E-state index contributed by atoms with van der Waals surface area (Å²) >= 11 is 0. The van der Waals surface area contributed by atoms with Gasteiger partial charge < -0.3 is 24.7 Å². The molecule has 1 aliphatic rings. The van der Waals surface area contributed by atoms with Crippen molar-refractivity contribution in [2.75, 3.05) is 27.3 Å². The molecule has 0 saturated heterocycles. The maximum absolute atomic E-state index is 12.5. The largest absolute Gasteiger partial charge is 0.493 e. The number of methoxy groups -OCH3 is 2. The van der Waals surface area contributed by atoms with Crippen molar-refractivity contribution in [3.8, 4) is 11.5 Å². The van der Waals surface area contributed by atoms with E-state index in [1.165, 1.54) is 20.0 Å². The molecule has 1 amide bonds. The summed E-state index contributed by atoms with van der Waals surface area (Å²) in [7, 11) is 3.07. The third-order valence-electron chi connectivity index (χ3n) is 5.31. The zero-order valence-electron chi connectivity index (χ0n) is 16.9. The van der Waals surface area contributed by atoms with Gasteiger partial charge in [-0.3, -0.25) is 9.59 Å². The standard InChI is InChI=1S/C20H28N4O4/c1-5-24(11-19(25)21-12(2)13-6-7-13)10-18-22-15-9-17(28-4)16(27-3)8-14(15)20(26)23-18/h8-9,12-13H,5-7,10-11H2,1-4H3,(H,21,25)(H,22,23,26)/p+1/t12-/m0/s1. The van der Waals surface area contributed by atoms with Crippen molar-refractivity contribution in [1.82, 2.24) is 15.3 Å². The molecule has 8 nitrogen and oxygen atoms in total. The molecule has 1 aliphatic carbocycles. The predicted molar refractivity (Wildman–Crippen MR) is 106 cm³/mol. The number of hydrogen-bond donors (Lipinski definition) is 3. The zero-order valence-corrected chi connectivity index (χ0v) is 16.9. The molecular weight excluding hydrogens is 360 g/mol. The van der Waals surface area contributed by atoms with E-state index >= 15 is 0 Å². The fraction of sp³-hybridized carbons (Fsp3) is 0.550. The quantitative estimate of drug-likeness (QED) is 0.572. The lowest BCUT2D eigenvalue weighted by Crippen LogP contribution is -3.11. The van der Waals surface area contributed by atoms with E-state index in [2.05, 4.69) is 22.2 Å². The summed E-state index contributed by atoms with van der Waals surface area (Å²) < 4.78 is 10.6. The van der Waals surface area contributed by atoms with Gasteiger partial charge in [-0.2, -0.15) is 0 Å². The lowest BCUT2D eigenvalue weighted by molar-refractivity contribution is -0.904. The third kappa shape index (κ3) is 4.62. The van der Waals surface area contributed by atoms with E-state index in [9.17, 15) is 9.59 Å². The van der Waals surface area contributed by atoms with Gasteiger partial charge in [-0.25, -0.2) is 4.98 Å². The number of carbonyl (C=O) groups excluding carboxylic acids is 1. The number of aromatic amines is 1. The van der Waals surface area contributed by atoms with E-state index in [1.807, 2.05) is 6.92 Å². The first-order valence-electron chi connectivity index (χ1n) is 9.73. The van der Waals surface area contributed by atoms with Gasteiger partial charge in [0.1, 0.15) is 6.54 Å². The van der Waals surface area contributed by atoms with Gasteiger partial charge in [0, 0.05) is 12.1 Å². The Morgan fingerprint density at radius 2 is 2.00 bits per heavy atom. The zero-order chi connectivity index (χ0) is 20.3. The summed E-state index contributed by atoms with van der Waals surface area (Å²) in [5.41, 5.74) is 0.307. The van der Waals surface area contributed by atoms with Crippen LogP contribution in [-0.4, -0.2) is 49.2 Å². The predicted octanol–water partition coefficient (Wildman–Crippen LogP) is 0.260. The van der Waals surface area contributed by atoms with Crippen LogP contribution in [0, 0.1) is 5.92 Å². The molecule has 2 atom stereocenters. The minimum Gasteiger partial charge on any atom is -0.493 e. The molecule has 1 fully saturated rings. The third-order valence-corrected chi connectivity index (χ3v) is 5.31. The molecule has 3 N–H and O–H groups in total. The Labute approximate surface area is 164 Å². The number of fused-ring (bicyclic) bond motifs is 1. The molecule has 3 rings (SSSR count). The Morgan fingerprint density at radius 1 is 1.32 bits per heavy atom. The number of H-pyrrole nitrogens is 1. The van der Waals surface area contributed by atoms with E-state index in [0.29, 0.717) is 47.2 Å². The van der Waals surface area contributed by atoms with Gasteiger partial charge in [0.05, 0.1) is 31.7 Å². The number of carbonyl (C=O) groups is 1. The summed E-state index contributed by atoms with van der Waals surface area (Å²) in [5, 5.41) is 3.52. The van der Waals surface area contributed by atoms with Gasteiger partial charge in [0.2, 0.25) is 0 Å². The summed E-state index contributed by atoms with van der Waals surface area (Å²) in [6.07, 6.45) is 2.39. The highest BCUT2D eigenvalue weighted by molar-refractivity contribution is 5.81. The second kappa shape index (κ2) is 8.60. The fourth-order valence-corrected chi connectivity index (χ4v) is 3.39. The molecule has 0 aliphatic heterocycles. The van der Waals surface area contributed by atoms with Crippen LogP contribution in [0.2, 0.25) is 0 Å². The maximum Gasteiger partial charge on any atom is 0.275 e. The topological polar surface area (TPSA) is 97.8 Å². The minimum absolute atomic E-state index is 0.0331. The molecule has 0 spiro atoms. The van der Waals surface area contributed by atoms with Crippen molar-refractivity contribution in [2.24, 2.45) is 5.92 Å². The van der Waals surface area contributed by atoms with Gasteiger partial charge in [-0.05, 0) is 38.7 Å². The fourth-order valence-electron chi connectivity index (χ4n) is 3.39. The summed E-state index contributed by atoms with van der Waals surface area (Å²) in [4.78, 5) is 33.3. The van der Waals surface area contributed by atoms with E-state index in [-0.39, 0.29) is 17.5 Å². The minimum atomic E-state index is -0.233. The lowest BCUT2D eigenvalue weighted by Gasteiger charge is -2.19. The Morgan fingerprint density at radius 3 is 2.61 bits per heavy atom. The van der Waals surface area contributed by atoms with Crippen LogP contribution in [0.25, 0.3) is 10.9 Å². The van der Waals surface area contributed by atoms with Crippen LogP contribution in [0.15, 0.2) is 16.9 Å². The van der Waals surface area contributed by atoms with Crippen LogP contribution >= 0.6 is 0 Å². The first-order chi connectivity index (χ1) is 13.4. The maximum atomic E-state index is 12.5. The number of ether oxygens (including phenoxy) is 2. The number of aromatic nitrogens is 2. The summed E-state index contributed by atoms with van der Waals surface area (Å²) in [6, 6.07) is 3.55. The molecule has 0 radical (unpaired) electrons. The van der Waals surface area contributed by atoms with Crippen LogP contribution in [0.3, 0.4) is 0 Å². The van der Waals surface area contributed by atoms with Gasteiger partial charge in [-0.15, -0.1) is 0 Å². The van der Waals surface area contributed by atoms with Crippen molar-refractivity contribution >= 4 is 16.8 Å². The number of nitrogens with one attached hydrogen (secondary N) is 3. The van der Waals surface area contributed by atoms with E-state index in [1.54, 1.807) is 19.2 Å². The molecule has 1 heterocycles. The van der Waals surface area contributed by atoms with Crippen molar-refractivity contribution in [3.63, 3.8) is 0 Å². The van der Waals surface area contributed by atoms with Crippen molar-refractivity contribution in [2.45, 2.75) is 39.3 Å². The van der Waals surface area contributed by atoms with Gasteiger partial charge in [-0.1, -0.05) is 0 Å². The molecule has 1 saturated carbocycles. The van der Waals surface area contributed by atoms with Crippen LogP contribution in [-0.2, 0) is 11.3 Å². The monoisotopic (exact) mass is 389 g/mol. The molecule has 1 aromatic heterocycles. The van der Waals surface area contributed by atoms with Crippen LogP contribution in [0.5, 0.6) is 11.5 Å². The Kier molecular flexibility index (Phi) is 6.18. The van der Waals surface area contributed by atoms with E-state index < -0.39 is 0 Å². The first kappa shape index (κ1) is 20.1. The van der Waals surface area contributed by atoms with Crippen LogP contribution in [0.4, 0.5) is 0 Å². The molecule has 8 heteroatoms. The molecule has 28 heavy (non-hydrogen) atoms. The lowest BCUT2D eigenvalue weighted by atomic mass is 10.2. The molecule has 152 valence electrons.